The molecular weight excluding hydrogens is 270 g/mol. The summed E-state index contributed by atoms with van der Waals surface area (Å²) in [6, 6.07) is 0. The van der Waals surface area contributed by atoms with Crippen molar-refractivity contribution in [2.45, 2.75) is 57.0 Å². The number of hydrogen-bond acceptors (Lipinski definition) is 4. The lowest BCUT2D eigenvalue weighted by Gasteiger charge is -2.32. The molecule has 0 aromatic heterocycles. The second-order valence-corrected chi connectivity index (χ2v) is 6.58. The molecule has 0 radical (unpaired) electrons. The molecule has 0 saturated heterocycles. The molecule has 1 unspecified atom stereocenters. The van der Waals surface area contributed by atoms with Gasteiger partial charge in [-0.05, 0) is 31.6 Å². The number of amides is 2. The maximum Gasteiger partial charge on any atom is 0.299 e. The Morgan fingerprint density at radius 1 is 1.00 bits per heavy atom. The van der Waals surface area contributed by atoms with Crippen LogP contribution in [0.4, 0.5) is 0 Å². The van der Waals surface area contributed by atoms with Gasteiger partial charge in [-0.25, -0.2) is 0 Å². The quantitative estimate of drug-likeness (QED) is 0.757. The van der Waals surface area contributed by atoms with E-state index in [1.54, 1.807) is 0 Å². The van der Waals surface area contributed by atoms with Crippen molar-refractivity contribution in [3.8, 4) is 0 Å². The van der Waals surface area contributed by atoms with Crippen LogP contribution in [-0.2, 0) is 14.4 Å². The average molecular weight is 293 g/mol. The second kappa shape index (κ2) is 5.31. The Hall–Kier alpha value is -1.59. The molecule has 21 heavy (non-hydrogen) atoms. The summed E-state index contributed by atoms with van der Waals surface area (Å²) in [5.41, 5.74) is 10.1. The standard InChI is InChI=1S/C15H23N3O3/c16-13(19)15(14(17)20)11(9-5-1-2-6-9)12(18-21-15)10-7-3-4-8-10/h9-11H,1-8H2,(H2,16,19)(H2,17,20). The molecule has 0 aromatic carbocycles. The molecule has 2 aliphatic carbocycles. The fourth-order valence-electron chi connectivity index (χ4n) is 4.38. The van der Waals surface area contributed by atoms with E-state index in [4.69, 9.17) is 16.3 Å². The van der Waals surface area contributed by atoms with E-state index in [2.05, 4.69) is 5.16 Å². The first kappa shape index (κ1) is 14.4. The first-order valence-corrected chi connectivity index (χ1v) is 7.93. The Balaban J connectivity index is 1.98. The number of rotatable bonds is 4. The second-order valence-electron chi connectivity index (χ2n) is 6.58. The molecule has 4 N–H and O–H groups in total. The summed E-state index contributed by atoms with van der Waals surface area (Å²) >= 11 is 0. The maximum absolute atomic E-state index is 12.0. The zero-order valence-corrected chi connectivity index (χ0v) is 12.2. The minimum absolute atomic E-state index is 0.215. The number of hydrogen-bond donors (Lipinski definition) is 2. The number of carbonyl (C=O) groups is 2. The summed E-state index contributed by atoms with van der Waals surface area (Å²) in [6.07, 6.45) is 8.55. The molecule has 3 aliphatic rings. The molecule has 1 heterocycles. The van der Waals surface area contributed by atoms with Crippen molar-refractivity contribution in [1.82, 2.24) is 0 Å². The molecule has 3 rings (SSSR count). The van der Waals surface area contributed by atoms with E-state index in [0.717, 1.165) is 57.1 Å². The van der Waals surface area contributed by atoms with Crippen molar-refractivity contribution >= 4 is 17.5 Å². The van der Waals surface area contributed by atoms with Gasteiger partial charge in [0, 0.05) is 5.92 Å². The van der Waals surface area contributed by atoms with Crippen LogP contribution < -0.4 is 11.5 Å². The molecule has 2 saturated carbocycles. The van der Waals surface area contributed by atoms with Crippen LogP contribution in [0.25, 0.3) is 0 Å². The maximum atomic E-state index is 12.0. The molecule has 2 fully saturated rings. The average Bonchev–Trinajstić information content (AvgIpc) is 3.18. The van der Waals surface area contributed by atoms with Crippen LogP contribution in [0, 0.1) is 17.8 Å². The zero-order valence-electron chi connectivity index (χ0n) is 12.2. The monoisotopic (exact) mass is 293 g/mol. The van der Waals surface area contributed by atoms with E-state index in [1.807, 2.05) is 0 Å². The third-order valence-electron chi connectivity index (χ3n) is 5.43. The Labute approximate surface area is 124 Å². The summed E-state index contributed by atoms with van der Waals surface area (Å²) < 4.78 is 0. The number of oxime groups is 1. The van der Waals surface area contributed by atoms with Gasteiger partial charge in [0.1, 0.15) is 0 Å². The zero-order chi connectivity index (χ0) is 15.0. The highest BCUT2D eigenvalue weighted by molar-refractivity contribution is 6.13. The van der Waals surface area contributed by atoms with Crippen LogP contribution in [0.1, 0.15) is 51.4 Å². The van der Waals surface area contributed by atoms with Gasteiger partial charge in [-0.15, -0.1) is 0 Å². The van der Waals surface area contributed by atoms with Gasteiger partial charge in [0.25, 0.3) is 17.4 Å². The van der Waals surface area contributed by atoms with E-state index in [0.29, 0.717) is 5.92 Å². The van der Waals surface area contributed by atoms with Crippen molar-refractivity contribution in [2.24, 2.45) is 34.4 Å². The van der Waals surface area contributed by atoms with Crippen LogP contribution in [0.15, 0.2) is 5.16 Å². The number of carbonyl (C=O) groups excluding carboxylic acids is 2. The lowest BCUT2D eigenvalue weighted by Crippen LogP contribution is -2.61. The topological polar surface area (TPSA) is 108 Å². The van der Waals surface area contributed by atoms with Gasteiger partial charge < -0.3 is 16.3 Å². The summed E-state index contributed by atoms with van der Waals surface area (Å²) in [7, 11) is 0. The first-order chi connectivity index (χ1) is 10.1. The van der Waals surface area contributed by atoms with Crippen molar-refractivity contribution in [3.05, 3.63) is 0 Å². The smallest absolute Gasteiger partial charge is 0.299 e. The van der Waals surface area contributed by atoms with Crippen molar-refractivity contribution in [3.63, 3.8) is 0 Å². The van der Waals surface area contributed by atoms with Gasteiger partial charge in [-0.3, -0.25) is 9.59 Å². The molecular formula is C15H23N3O3. The Kier molecular flexibility index (Phi) is 3.63. The summed E-state index contributed by atoms with van der Waals surface area (Å²) in [5, 5.41) is 4.15. The molecule has 2 amide bonds. The molecule has 1 aliphatic heterocycles. The van der Waals surface area contributed by atoms with Gasteiger partial charge >= 0.3 is 0 Å². The number of nitrogens with zero attached hydrogens (tertiary/aromatic N) is 1. The Morgan fingerprint density at radius 2 is 1.52 bits per heavy atom. The number of nitrogens with two attached hydrogens (primary N) is 2. The van der Waals surface area contributed by atoms with E-state index < -0.39 is 17.4 Å². The predicted octanol–water partition coefficient (Wildman–Crippen LogP) is 1.08. The summed E-state index contributed by atoms with van der Waals surface area (Å²) in [4.78, 5) is 29.4. The highest BCUT2D eigenvalue weighted by Gasteiger charge is 2.62. The highest BCUT2D eigenvalue weighted by Crippen LogP contribution is 2.46. The van der Waals surface area contributed by atoms with Crippen LogP contribution in [0.5, 0.6) is 0 Å². The minimum atomic E-state index is -1.77. The first-order valence-electron chi connectivity index (χ1n) is 7.93. The van der Waals surface area contributed by atoms with Crippen LogP contribution in [0.3, 0.4) is 0 Å². The van der Waals surface area contributed by atoms with Crippen molar-refractivity contribution < 1.29 is 14.4 Å². The van der Waals surface area contributed by atoms with Gasteiger partial charge in [-0.1, -0.05) is 30.8 Å². The lowest BCUT2D eigenvalue weighted by atomic mass is 9.70. The lowest BCUT2D eigenvalue weighted by molar-refractivity contribution is -0.159. The molecule has 0 bridgehead atoms. The minimum Gasteiger partial charge on any atom is -0.368 e. The summed E-state index contributed by atoms with van der Waals surface area (Å²) in [6.45, 7) is 0. The third kappa shape index (κ3) is 2.12. The molecule has 6 heteroatoms. The third-order valence-corrected chi connectivity index (χ3v) is 5.43. The SMILES string of the molecule is NC(=O)C1(C(N)=O)ON=C(C2CCCC2)C1C1CCCC1. The van der Waals surface area contributed by atoms with E-state index in [1.165, 1.54) is 0 Å². The van der Waals surface area contributed by atoms with Crippen molar-refractivity contribution in [2.75, 3.05) is 0 Å². The van der Waals surface area contributed by atoms with E-state index in [9.17, 15) is 9.59 Å². The van der Waals surface area contributed by atoms with Gasteiger partial charge in [0.05, 0.1) is 11.6 Å². The fourth-order valence-corrected chi connectivity index (χ4v) is 4.38. The molecule has 0 aromatic rings. The predicted molar refractivity (Wildman–Crippen MR) is 77.0 cm³/mol. The van der Waals surface area contributed by atoms with E-state index >= 15 is 0 Å². The Bertz CT molecular complexity index is 463. The van der Waals surface area contributed by atoms with Gasteiger partial charge in [0.2, 0.25) is 0 Å². The molecule has 1 atom stereocenters. The molecule has 116 valence electrons. The molecule has 6 nitrogen and oxygen atoms in total. The van der Waals surface area contributed by atoms with E-state index in [-0.39, 0.29) is 11.8 Å². The fraction of sp³-hybridized carbons (Fsp3) is 0.800. The highest BCUT2D eigenvalue weighted by atomic mass is 16.7. The van der Waals surface area contributed by atoms with Crippen LogP contribution in [0.2, 0.25) is 0 Å². The normalized spacial score (nSPS) is 29.3. The Morgan fingerprint density at radius 3 is 2.05 bits per heavy atom. The number of primary amides is 2. The largest absolute Gasteiger partial charge is 0.368 e. The van der Waals surface area contributed by atoms with Crippen LogP contribution in [-0.4, -0.2) is 23.1 Å². The van der Waals surface area contributed by atoms with Crippen molar-refractivity contribution in [1.29, 1.82) is 0 Å². The molecule has 0 spiro atoms. The van der Waals surface area contributed by atoms with Gasteiger partial charge in [0.15, 0.2) is 0 Å². The van der Waals surface area contributed by atoms with Crippen LogP contribution >= 0.6 is 0 Å². The van der Waals surface area contributed by atoms with Gasteiger partial charge in [-0.2, -0.15) is 0 Å². The summed E-state index contributed by atoms with van der Waals surface area (Å²) in [5.74, 6) is -1.45.